The number of carbonyl (C=O) groups is 1. The van der Waals surface area contributed by atoms with E-state index in [-0.39, 0.29) is 11.7 Å². The fourth-order valence-electron chi connectivity index (χ4n) is 2.88. The van der Waals surface area contributed by atoms with Gasteiger partial charge in [0.1, 0.15) is 0 Å². The van der Waals surface area contributed by atoms with Crippen LogP contribution in [0.4, 0.5) is 5.82 Å². The standard InChI is InChI=1S/C18H15N5O/c1-10-12(9-19)3-2-4-13(10)18(24)23-17-14(16(20)22-23)7-8-15(21-17)11-5-6-11/h2-4,7-8,11H,5-6H2,1H3,(H2,20,22). The highest BCUT2D eigenvalue weighted by Gasteiger charge is 2.27. The van der Waals surface area contributed by atoms with Crippen LogP contribution in [0.15, 0.2) is 30.3 Å². The van der Waals surface area contributed by atoms with Gasteiger partial charge in [0.25, 0.3) is 5.91 Å². The molecule has 4 rings (SSSR count). The molecule has 118 valence electrons. The summed E-state index contributed by atoms with van der Waals surface area (Å²) in [5.74, 6) is 0.423. The van der Waals surface area contributed by atoms with Gasteiger partial charge in [0.15, 0.2) is 11.5 Å². The number of fused-ring (bicyclic) bond motifs is 1. The van der Waals surface area contributed by atoms with Crippen LogP contribution in [0.1, 0.15) is 45.9 Å². The first kappa shape index (κ1) is 14.4. The van der Waals surface area contributed by atoms with E-state index in [1.807, 2.05) is 12.1 Å². The molecule has 0 aliphatic heterocycles. The van der Waals surface area contributed by atoms with Crippen molar-refractivity contribution in [2.24, 2.45) is 0 Å². The molecule has 0 spiro atoms. The number of hydrogen-bond acceptors (Lipinski definition) is 5. The van der Waals surface area contributed by atoms with E-state index in [4.69, 9.17) is 11.0 Å². The van der Waals surface area contributed by atoms with Crippen molar-refractivity contribution in [2.75, 3.05) is 5.73 Å². The quantitative estimate of drug-likeness (QED) is 0.783. The average Bonchev–Trinajstić information content (AvgIpc) is 3.39. The van der Waals surface area contributed by atoms with Crippen molar-refractivity contribution in [2.45, 2.75) is 25.7 Å². The van der Waals surface area contributed by atoms with Crippen LogP contribution in [0.3, 0.4) is 0 Å². The van der Waals surface area contributed by atoms with Gasteiger partial charge in [0.05, 0.1) is 17.0 Å². The lowest BCUT2D eigenvalue weighted by atomic mass is 10.0. The number of nitriles is 1. The molecule has 0 radical (unpaired) electrons. The van der Waals surface area contributed by atoms with Gasteiger partial charge in [-0.1, -0.05) is 6.07 Å². The van der Waals surface area contributed by atoms with Crippen LogP contribution in [0, 0.1) is 18.3 Å². The van der Waals surface area contributed by atoms with Crippen molar-refractivity contribution in [3.8, 4) is 6.07 Å². The van der Waals surface area contributed by atoms with Crippen molar-refractivity contribution < 1.29 is 4.79 Å². The van der Waals surface area contributed by atoms with Crippen molar-refractivity contribution >= 4 is 22.8 Å². The number of aromatic nitrogens is 3. The molecule has 0 saturated heterocycles. The van der Waals surface area contributed by atoms with Crippen molar-refractivity contribution in [3.05, 3.63) is 52.7 Å². The van der Waals surface area contributed by atoms with Gasteiger partial charge >= 0.3 is 0 Å². The van der Waals surface area contributed by atoms with Gasteiger partial charge in [0.2, 0.25) is 0 Å². The molecular weight excluding hydrogens is 302 g/mol. The maximum absolute atomic E-state index is 13.0. The minimum atomic E-state index is -0.327. The summed E-state index contributed by atoms with van der Waals surface area (Å²) >= 11 is 0. The lowest BCUT2D eigenvalue weighted by Gasteiger charge is -2.07. The van der Waals surface area contributed by atoms with Crippen LogP contribution < -0.4 is 5.73 Å². The van der Waals surface area contributed by atoms with Gasteiger partial charge in [-0.25, -0.2) is 4.98 Å². The van der Waals surface area contributed by atoms with Crippen LogP contribution >= 0.6 is 0 Å². The summed E-state index contributed by atoms with van der Waals surface area (Å²) in [6.07, 6.45) is 2.25. The highest BCUT2D eigenvalue weighted by molar-refractivity contribution is 6.03. The van der Waals surface area contributed by atoms with Gasteiger partial charge in [0, 0.05) is 17.2 Å². The fraction of sp³-hybridized carbons (Fsp3) is 0.222. The maximum atomic E-state index is 13.0. The number of nitrogens with two attached hydrogens (primary N) is 1. The number of rotatable bonds is 2. The van der Waals surface area contributed by atoms with E-state index in [0.717, 1.165) is 18.5 Å². The zero-order valence-corrected chi connectivity index (χ0v) is 13.2. The molecule has 2 N–H and O–H groups in total. The third-order valence-corrected chi connectivity index (χ3v) is 4.45. The van der Waals surface area contributed by atoms with Crippen LogP contribution in [-0.2, 0) is 0 Å². The average molecular weight is 317 g/mol. The van der Waals surface area contributed by atoms with Crippen LogP contribution in [0.2, 0.25) is 0 Å². The molecule has 1 aromatic carbocycles. The minimum Gasteiger partial charge on any atom is -0.382 e. The fourth-order valence-corrected chi connectivity index (χ4v) is 2.88. The van der Waals surface area contributed by atoms with Gasteiger partial charge < -0.3 is 5.73 Å². The molecule has 2 heterocycles. The number of carbonyl (C=O) groups excluding carboxylic acids is 1. The van der Waals surface area contributed by atoms with Gasteiger partial charge in [-0.2, -0.15) is 9.94 Å². The Bertz CT molecular complexity index is 1020. The van der Waals surface area contributed by atoms with Gasteiger partial charge in [-0.05, 0) is 49.6 Å². The van der Waals surface area contributed by atoms with E-state index in [1.165, 1.54) is 4.68 Å². The van der Waals surface area contributed by atoms with Crippen molar-refractivity contribution in [3.63, 3.8) is 0 Å². The summed E-state index contributed by atoms with van der Waals surface area (Å²) in [5, 5.41) is 14.0. The van der Waals surface area contributed by atoms with E-state index in [2.05, 4.69) is 16.2 Å². The predicted molar refractivity (Wildman–Crippen MR) is 89.5 cm³/mol. The molecule has 1 aliphatic carbocycles. The van der Waals surface area contributed by atoms with E-state index in [9.17, 15) is 4.79 Å². The molecule has 0 unspecified atom stereocenters. The highest BCUT2D eigenvalue weighted by Crippen LogP contribution is 2.39. The lowest BCUT2D eigenvalue weighted by Crippen LogP contribution is -2.16. The first-order chi connectivity index (χ1) is 11.6. The Hall–Kier alpha value is -3.20. The molecule has 0 bridgehead atoms. The summed E-state index contributed by atoms with van der Waals surface area (Å²) < 4.78 is 1.25. The molecule has 1 fully saturated rings. The normalized spacial score (nSPS) is 13.8. The van der Waals surface area contributed by atoms with Crippen LogP contribution in [-0.4, -0.2) is 20.7 Å². The lowest BCUT2D eigenvalue weighted by molar-refractivity contribution is 0.0949. The Balaban J connectivity index is 1.88. The van der Waals surface area contributed by atoms with Crippen molar-refractivity contribution in [1.29, 1.82) is 5.26 Å². The predicted octanol–water partition coefficient (Wildman–Crippen LogP) is 2.76. The molecule has 0 atom stereocenters. The SMILES string of the molecule is Cc1c(C#N)cccc1C(=O)n1nc(N)c2ccc(C3CC3)nc21. The highest BCUT2D eigenvalue weighted by atomic mass is 16.2. The number of pyridine rings is 1. The van der Waals surface area contributed by atoms with E-state index in [1.54, 1.807) is 25.1 Å². The molecule has 6 heteroatoms. The third-order valence-electron chi connectivity index (χ3n) is 4.45. The Morgan fingerprint density at radius 3 is 2.83 bits per heavy atom. The summed E-state index contributed by atoms with van der Waals surface area (Å²) in [6.45, 7) is 1.75. The smallest absolute Gasteiger partial charge is 0.280 e. The number of hydrogen-bond donors (Lipinski definition) is 1. The van der Waals surface area contributed by atoms with Crippen LogP contribution in [0.25, 0.3) is 11.0 Å². The third kappa shape index (κ3) is 2.14. The number of benzene rings is 1. The van der Waals surface area contributed by atoms with Crippen LogP contribution in [0.5, 0.6) is 0 Å². The van der Waals surface area contributed by atoms with Gasteiger partial charge in [-0.3, -0.25) is 4.79 Å². The monoisotopic (exact) mass is 317 g/mol. The molecule has 0 amide bonds. The Labute approximate surface area is 138 Å². The first-order valence-corrected chi connectivity index (χ1v) is 7.79. The van der Waals surface area contributed by atoms with E-state index < -0.39 is 0 Å². The number of nitrogen functional groups attached to an aromatic ring is 1. The molecule has 24 heavy (non-hydrogen) atoms. The summed E-state index contributed by atoms with van der Waals surface area (Å²) in [4.78, 5) is 17.6. The Morgan fingerprint density at radius 2 is 2.12 bits per heavy atom. The molecule has 1 aliphatic rings. The molecule has 2 aromatic heterocycles. The molecular formula is C18H15N5O. The molecule has 6 nitrogen and oxygen atoms in total. The van der Waals surface area contributed by atoms with E-state index in [0.29, 0.717) is 33.6 Å². The molecule has 1 saturated carbocycles. The first-order valence-electron chi connectivity index (χ1n) is 7.79. The number of anilines is 1. The zero-order chi connectivity index (χ0) is 16.8. The largest absolute Gasteiger partial charge is 0.382 e. The summed E-state index contributed by atoms with van der Waals surface area (Å²) in [7, 11) is 0. The van der Waals surface area contributed by atoms with Gasteiger partial charge in [-0.15, -0.1) is 5.10 Å². The van der Waals surface area contributed by atoms with E-state index >= 15 is 0 Å². The summed E-state index contributed by atoms with van der Waals surface area (Å²) in [6, 6.07) is 11.0. The topological polar surface area (TPSA) is 97.6 Å². The van der Waals surface area contributed by atoms with Crippen molar-refractivity contribution in [1.82, 2.24) is 14.8 Å². The second-order valence-corrected chi connectivity index (χ2v) is 6.07. The minimum absolute atomic E-state index is 0.280. The zero-order valence-electron chi connectivity index (χ0n) is 13.2. The number of nitrogens with zero attached hydrogens (tertiary/aromatic N) is 4. The summed E-state index contributed by atoms with van der Waals surface area (Å²) in [5.41, 5.74) is 8.93. The Kier molecular flexibility index (Phi) is 3.10. The second-order valence-electron chi connectivity index (χ2n) is 6.07. The maximum Gasteiger partial charge on any atom is 0.280 e. The Morgan fingerprint density at radius 1 is 1.33 bits per heavy atom. The molecule has 3 aromatic rings. The second kappa shape index (κ2) is 5.17.